The van der Waals surface area contributed by atoms with Crippen LogP contribution in [0.2, 0.25) is 0 Å². The molecule has 16 heavy (non-hydrogen) atoms. The average molecular weight is 240 g/mol. The smallest absolute Gasteiger partial charge is 0.152 e. The van der Waals surface area contributed by atoms with E-state index in [1.807, 2.05) is 0 Å². The molecule has 3 N–H and O–H groups in total. The molecule has 5 heteroatoms. The number of hydrogen-bond acceptors (Lipinski definition) is 5. The maximum absolute atomic E-state index is 10.0. The van der Waals surface area contributed by atoms with Gasteiger partial charge in [0.2, 0.25) is 0 Å². The van der Waals surface area contributed by atoms with Gasteiger partial charge in [0.05, 0.1) is 12.0 Å². The summed E-state index contributed by atoms with van der Waals surface area (Å²) in [7, 11) is 0. The fourth-order valence-corrected chi connectivity index (χ4v) is 2.26. The Labute approximate surface area is 96.9 Å². The van der Waals surface area contributed by atoms with E-state index in [0.29, 0.717) is 5.75 Å². The summed E-state index contributed by atoms with van der Waals surface area (Å²) in [5.74, 6) is 0.982. The van der Waals surface area contributed by atoms with Gasteiger partial charge in [0.25, 0.3) is 0 Å². The number of furan rings is 1. The molecule has 2 atom stereocenters. The van der Waals surface area contributed by atoms with E-state index in [9.17, 15) is 15.3 Å². The summed E-state index contributed by atoms with van der Waals surface area (Å²) in [5, 5.41) is 28.6. The van der Waals surface area contributed by atoms with Crippen molar-refractivity contribution >= 4 is 11.8 Å². The zero-order valence-electron chi connectivity index (χ0n) is 8.41. The van der Waals surface area contributed by atoms with Gasteiger partial charge in [-0.05, 0) is 24.3 Å². The lowest BCUT2D eigenvalue weighted by Gasteiger charge is -2.24. The Balaban J connectivity index is 2.01. The topological polar surface area (TPSA) is 73.8 Å². The zero-order valence-corrected chi connectivity index (χ0v) is 9.22. The van der Waals surface area contributed by atoms with Crippen molar-refractivity contribution in [3.8, 4) is 0 Å². The lowest BCUT2D eigenvalue weighted by Crippen LogP contribution is -2.25. The molecule has 0 fully saturated rings. The van der Waals surface area contributed by atoms with E-state index in [-0.39, 0.29) is 5.76 Å². The van der Waals surface area contributed by atoms with E-state index in [1.54, 1.807) is 18.4 Å². The van der Waals surface area contributed by atoms with Gasteiger partial charge in [-0.2, -0.15) is 0 Å². The molecule has 1 aromatic rings. The standard InChI is InChI=1S/C11H12O4S/c12-9-3-4-11(14,6-10(9)13)16-7-8-2-1-5-15-8/h1-6,9,12-14H,7H2. The molecule has 2 rings (SSSR count). The fourth-order valence-electron chi connectivity index (χ4n) is 1.34. The second-order valence-corrected chi connectivity index (χ2v) is 4.72. The second-order valence-electron chi connectivity index (χ2n) is 3.49. The summed E-state index contributed by atoms with van der Waals surface area (Å²) < 4.78 is 5.13. The largest absolute Gasteiger partial charge is 0.509 e. The molecule has 0 saturated carbocycles. The van der Waals surface area contributed by atoms with Crippen LogP contribution in [0.3, 0.4) is 0 Å². The first-order chi connectivity index (χ1) is 7.59. The number of hydrogen-bond donors (Lipinski definition) is 3. The molecule has 2 unspecified atom stereocenters. The third-order valence-electron chi connectivity index (χ3n) is 2.20. The van der Waals surface area contributed by atoms with Crippen LogP contribution >= 0.6 is 11.8 Å². The maximum atomic E-state index is 10.0. The summed E-state index contributed by atoms with van der Waals surface area (Å²) in [5.41, 5.74) is 0. The fraction of sp³-hybridized carbons (Fsp3) is 0.273. The van der Waals surface area contributed by atoms with Crippen molar-refractivity contribution in [3.63, 3.8) is 0 Å². The monoisotopic (exact) mass is 240 g/mol. The van der Waals surface area contributed by atoms with Gasteiger partial charge in [0.15, 0.2) is 4.93 Å². The van der Waals surface area contributed by atoms with Crippen LogP contribution in [0.15, 0.2) is 46.8 Å². The first kappa shape index (κ1) is 11.3. The molecule has 0 saturated heterocycles. The van der Waals surface area contributed by atoms with Crippen molar-refractivity contribution in [1.82, 2.24) is 0 Å². The Morgan fingerprint density at radius 3 is 2.94 bits per heavy atom. The van der Waals surface area contributed by atoms with E-state index in [2.05, 4.69) is 0 Å². The van der Waals surface area contributed by atoms with Crippen LogP contribution in [0.25, 0.3) is 0 Å². The summed E-state index contributed by atoms with van der Waals surface area (Å²) in [4.78, 5) is -1.30. The quantitative estimate of drug-likeness (QED) is 0.552. The predicted molar refractivity (Wildman–Crippen MR) is 60.8 cm³/mol. The van der Waals surface area contributed by atoms with Crippen molar-refractivity contribution in [2.75, 3.05) is 0 Å². The Kier molecular flexibility index (Phi) is 3.09. The highest BCUT2D eigenvalue weighted by Gasteiger charge is 2.28. The van der Waals surface area contributed by atoms with Gasteiger partial charge in [-0.15, -0.1) is 11.8 Å². The Morgan fingerprint density at radius 2 is 2.31 bits per heavy atom. The molecule has 1 heterocycles. The van der Waals surface area contributed by atoms with Crippen molar-refractivity contribution < 1.29 is 19.7 Å². The molecular weight excluding hydrogens is 228 g/mol. The van der Waals surface area contributed by atoms with Gasteiger partial charge in [0, 0.05) is 6.08 Å². The van der Waals surface area contributed by atoms with E-state index in [0.717, 1.165) is 5.76 Å². The van der Waals surface area contributed by atoms with Crippen LogP contribution in [0.4, 0.5) is 0 Å². The number of aliphatic hydroxyl groups is 3. The van der Waals surface area contributed by atoms with E-state index >= 15 is 0 Å². The normalized spacial score (nSPS) is 29.1. The summed E-state index contributed by atoms with van der Waals surface area (Å²) in [6.07, 6.45) is 4.57. The predicted octanol–water partition coefficient (Wildman–Crippen LogP) is 1.57. The van der Waals surface area contributed by atoms with Crippen LogP contribution in [0.1, 0.15) is 5.76 Å². The van der Waals surface area contributed by atoms with Crippen molar-refractivity contribution in [2.45, 2.75) is 16.8 Å². The molecule has 4 nitrogen and oxygen atoms in total. The van der Waals surface area contributed by atoms with Gasteiger partial charge in [-0.25, -0.2) is 0 Å². The van der Waals surface area contributed by atoms with Crippen LogP contribution in [0, 0.1) is 0 Å². The van der Waals surface area contributed by atoms with Gasteiger partial charge in [0.1, 0.15) is 17.6 Å². The van der Waals surface area contributed by atoms with Gasteiger partial charge < -0.3 is 19.7 Å². The molecule has 0 aliphatic heterocycles. The lowest BCUT2D eigenvalue weighted by atomic mass is 10.1. The maximum Gasteiger partial charge on any atom is 0.152 e. The molecule has 1 aromatic heterocycles. The van der Waals surface area contributed by atoms with Crippen LogP contribution in [0.5, 0.6) is 0 Å². The Bertz CT molecular complexity index is 410. The van der Waals surface area contributed by atoms with E-state index < -0.39 is 11.0 Å². The highest BCUT2D eigenvalue weighted by molar-refractivity contribution is 8.00. The Hall–Kier alpha value is -1.17. The minimum Gasteiger partial charge on any atom is -0.509 e. The Morgan fingerprint density at radius 1 is 1.50 bits per heavy atom. The van der Waals surface area contributed by atoms with Crippen molar-refractivity contribution in [2.24, 2.45) is 0 Å². The highest BCUT2D eigenvalue weighted by atomic mass is 32.2. The molecule has 0 radical (unpaired) electrons. The third-order valence-corrected chi connectivity index (χ3v) is 3.35. The van der Waals surface area contributed by atoms with E-state index in [1.165, 1.54) is 30.0 Å². The molecular formula is C11H12O4S. The molecule has 0 amide bonds. The summed E-state index contributed by atoms with van der Waals surface area (Å²) in [6, 6.07) is 3.58. The number of thioether (sulfide) groups is 1. The van der Waals surface area contributed by atoms with Gasteiger partial charge >= 0.3 is 0 Å². The molecule has 86 valence electrons. The third kappa shape index (κ3) is 2.49. The minimum absolute atomic E-state index is 0.239. The number of aliphatic hydroxyl groups excluding tert-OH is 2. The van der Waals surface area contributed by atoms with Crippen LogP contribution < -0.4 is 0 Å². The first-order valence-corrected chi connectivity index (χ1v) is 5.75. The summed E-state index contributed by atoms with van der Waals surface area (Å²) in [6.45, 7) is 0. The van der Waals surface area contributed by atoms with Crippen LogP contribution in [-0.4, -0.2) is 26.4 Å². The van der Waals surface area contributed by atoms with Crippen molar-refractivity contribution in [3.05, 3.63) is 48.1 Å². The second kappa shape index (κ2) is 4.37. The molecule has 0 spiro atoms. The highest BCUT2D eigenvalue weighted by Crippen LogP contribution is 2.33. The molecule has 0 bridgehead atoms. The van der Waals surface area contributed by atoms with Crippen molar-refractivity contribution in [1.29, 1.82) is 0 Å². The molecule has 1 aliphatic rings. The van der Waals surface area contributed by atoms with Gasteiger partial charge in [-0.1, -0.05) is 0 Å². The molecule has 1 aliphatic carbocycles. The molecule has 0 aromatic carbocycles. The first-order valence-electron chi connectivity index (χ1n) is 4.77. The SMILES string of the molecule is OC1=CC(O)(SCc2ccco2)C=CC1O. The number of rotatable bonds is 3. The summed E-state index contributed by atoms with van der Waals surface area (Å²) >= 11 is 1.19. The lowest BCUT2D eigenvalue weighted by molar-refractivity contribution is 0.166. The average Bonchev–Trinajstić information content (AvgIpc) is 2.75. The minimum atomic E-state index is -1.30. The van der Waals surface area contributed by atoms with Crippen LogP contribution in [-0.2, 0) is 5.75 Å². The zero-order chi connectivity index (χ0) is 11.6. The van der Waals surface area contributed by atoms with E-state index in [4.69, 9.17) is 4.42 Å². The van der Waals surface area contributed by atoms with Gasteiger partial charge in [-0.3, -0.25) is 0 Å².